The quantitative estimate of drug-likeness (QED) is 0.695. The number of hydrogen-bond acceptors (Lipinski definition) is 6. The number of nitrogens with one attached hydrogen (secondary N) is 2. The highest BCUT2D eigenvalue weighted by Gasteiger charge is 2.27. The van der Waals surface area contributed by atoms with E-state index >= 15 is 0 Å². The van der Waals surface area contributed by atoms with Crippen molar-refractivity contribution in [3.8, 4) is 5.75 Å². The minimum Gasteiger partial charge on any atom is -0.496 e. The molecule has 0 fully saturated rings. The van der Waals surface area contributed by atoms with Crippen molar-refractivity contribution in [2.24, 2.45) is 0 Å². The summed E-state index contributed by atoms with van der Waals surface area (Å²) < 4.78 is 31.0. The molecule has 0 radical (unpaired) electrons. The zero-order chi connectivity index (χ0) is 21.0. The summed E-state index contributed by atoms with van der Waals surface area (Å²) in [5.41, 5.74) is 1.29. The van der Waals surface area contributed by atoms with Gasteiger partial charge in [-0.05, 0) is 31.2 Å². The highest BCUT2D eigenvalue weighted by atomic mass is 32.2. The molecule has 7 nitrogen and oxygen atoms in total. The Bertz CT molecular complexity index is 1040. The van der Waals surface area contributed by atoms with Crippen molar-refractivity contribution in [2.75, 3.05) is 18.2 Å². The summed E-state index contributed by atoms with van der Waals surface area (Å²) in [6.45, 7) is 1.75. The van der Waals surface area contributed by atoms with E-state index in [9.17, 15) is 18.0 Å². The lowest BCUT2D eigenvalue weighted by Crippen LogP contribution is -2.30. The normalized spacial score (nSPS) is 14.5. The number of anilines is 1. The van der Waals surface area contributed by atoms with Gasteiger partial charge in [0.1, 0.15) is 5.75 Å². The third-order valence-corrected chi connectivity index (χ3v) is 7.79. The van der Waals surface area contributed by atoms with Crippen LogP contribution in [0.4, 0.5) is 5.69 Å². The highest BCUT2D eigenvalue weighted by Crippen LogP contribution is 2.34. The predicted octanol–water partition coefficient (Wildman–Crippen LogP) is 2.61. The van der Waals surface area contributed by atoms with E-state index in [2.05, 4.69) is 10.6 Å². The predicted molar refractivity (Wildman–Crippen MR) is 112 cm³/mol. The van der Waals surface area contributed by atoms with E-state index in [1.165, 1.54) is 30.8 Å². The van der Waals surface area contributed by atoms with E-state index in [1.54, 1.807) is 19.2 Å². The van der Waals surface area contributed by atoms with Gasteiger partial charge in [-0.15, -0.1) is 11.8 Å². The third-order valence-electron chi connectivity index (χ3n) is 4.58. The molecule has 2 aromatic rings. The number of methoxy groups -OCH3 is 1. The van der Waals surface area contributed by atoms with E-state index in [-0.39, 0.29) is 29.7 Å². The average Bonchev–Trinajstić information content (AvgIpc) is 2.71. The number of fused-ring (bicyclic) bond motifs is 1. The lowest BCUT2D eigenvalue weighted by molar-refractivity contribution is -0.121. The minimum absolute atomic E-state index is 0.0871. The molecule has 3 rings (SSSR count). The number of amides is 2. The number of rotatable bonds is 7. The summed E-state index contributed by atoms with van der Waals surface area (Å²) in [6.07, 6.45) is -0.171. The molecule has 1 atom stereocenters. The average molecular weight is 435 g/mol. The van der Waals surface area contributed by atoms with Crippen LogP contribution in [-0.4, -0.2) is 38.3 Å². The van der Waals surface area contributed by atoms with Crippen molar-refractivity contribution in [1.29, 1.82) is 0 Å². The summed E-state index contributed by atoms with van der Waals surface area (Å²) in [4.78, 5) is 24.8. The zero-order valence-corrected chi connectivity index (χ0v) is 17.7. The maximum Gasteiger partial charge on any atom is 0.234 e. The molecule has 2 aromatic carbocycles. The summed E-state index contributed by atoms with van der Waals surface area (Å²) >= 11 is 1.36. The van der Waals surface area contributed by atoms with E-state index in [0.29, 0.717) is 17.2 Å². The second-order valence-electron chi connectivity index (χ2n) is 6.64. The van der Waals surface area contributed by atoms with Gasteiger partial charge in [0.2, 0.25) is 11.8 Å². The second-order valence-corrected chi connectivity index (χ2v) is 10.0. The Balaban J connectivity index is 1.66. The summed E-state index contributed by atoms with van der Waals surface area (Å²) in [7, 11) is -2.18. The Morgan fingerprint density at radius 3 is 2.79 bits per heavy atom. The Kier molecular flexibility index (Phi) is 6.49. The molecule has 154 valence electrons. The molecule has 29 heavy (non-hydrogen) atoms. The molecule has 0 saturated heterocycles. The number of para-hydroxylation sites is 1. The van der Waals surface area contributed by atoms with Crippen molar-refractivity contribution in [3.63, 3.8) is 0 Å². The van der Waals surface area contributed by atoms with Crippen molar-refractivity contribution in [1.82, 2.24) is 5.32 Å². The molecule has 0 saturated carbocycles. The molecule has 0 aliphatic carbocycles. The van der Waals surface area contributed by atoms with Crippen LogP contribution in [0.2, 0.25) is 0 Å². The number of benzene rings is 2. The first-order valence-electron chi connectivity index (χ1n) is 9.00. The molecule has 1 heterocycles. The topological polar surface area (TPSA) is 102 Å². The number of sulfone groups is 1. The summed E-state index contributed by atoms with van der Waals surface area (Å²) in [6, 6.07) is 11.9. The number of ether oxygens (including phenoxy) is 1. The summed E-state index contributed by atoms with van der Waals surface area (Å²) in [5.74, 6) is 0.430. The SMILES string of the molecule is COc1ccccc1CNC(=O)C[C@H](C)S(=O)(=O)c1ccc2c(c1)NC(=O)CS2. The molecule has 2 amide bonds. The second kappa shape index (κ2) is 8.87. The summed E-state index contributed by atoms with van der Waals surface area (Å²) in [5, 5.41) is 4.51. The zero-order valence-electron chi connectivity index (χ0n) is 16.1. The van der Waals surface area contributed by atoms with Gasteiger partial charge in [0.05, 0.1) is 28.7 Å². The fraction of sp³-hybridized carbons (Fsp3) is 0.300. The van der Waals surface area contributed by atoms with Crippen LogP contribution in [0.1, 0.15) is 18.9 Å². The number of hydrogen-bond donors (Lipinski definition) is 2. The third kappa shape index (κ3) is 4.91. The molecule has 1 aliphatic heterocycles. The van der Waals surface area contributed by atoms with Gasteiger partial charge in [0.15, 0.2) is 9.84 Å². The first-order valence-corrected chi connectivity index (χ1v) is 11.5. The smallest absolute Gasteiger partial charge is 0.234 e. The van der Waals surface area contributed by atoms with Crippen LogP contribution in [0.5, 0.6) is 5.75 Å². The molecule has 2 N–H and O–H groups in total. The van der Waals surface area contributed by atoms with Crippen LogP contribution in [0.3, 0.4) is 0 Å². The molecule has 0 spiro atoms. The lowest BCUT2D eigenvalue weighted by atomic mass is 10.2. The van der Waals surface area contributed by atoms with Crippen LogP contribution in [0.25, 0.3) is 0 Å². The molecule has 0 bridgehead atoms. The lowest BCUT2D eigenvalue weighted by Gasteiger charge is -2.19. The van der Waals surface area contributed by atoms with E-state index in [1.807, 2.05) is 18.2 Å². The fourth-order valence-corrected chi connectivity index (χ4v) is 5.12. The van der Waals surface area contributed by atoms with Crippen molar-refractivity contribution >= 4 is 39.1 Å². The van der Waals surface area contributed by atoms with Gasteiger partial charge in [-0.2, -0.15) is 0 Å². The highest BCUT2D eigenvalue weighted by molar-refractivity contribution is 8.00. The van der Waals surface area contributed by atoms with E-state index in [0.717, 1.165) is 10.5 Å². The van der Waals surface area contributed by atoms with Gasteiger partial charge < -0.3 is 15.4 Å². The van der Waals surface area contributed by atoms with Crippen LogP contribution >= 0.6 is 11.8 Å². The van der Waals surface area contributed by atoms with Crippen LogP contribution < -0.4 is 15.4 Å². The Labute approximate surface area is 174 Å². The molecular formula is C20H22N2O5S2. The maximum atomic E-state index is 12.9. The Hall–Kier alpha value is -2.52. The molecular weight excluding hydrogens is 412 g/mol. The van der Waals surface area contributed by atoms with E-state index < -0.39 is 15.1 Å². The van der Waals surface area contributed by atoms with Crippen molar-refractivity contribution < 1.29 is 22.7 Å². The van der Waals surface area contributed by atoms with Gasteiger partial charge in [0, 0.05) is 23.4 Å². The van der Waals surface area contributed by atoms with E-state index in [4.69, 9.17) is 4.74 Å². The maximum absolute atomic E-state index is 12.9. The van der Waals surface area contributed by atoms with Crippen molar-refractivity contribution in [3.05, 3.63) is 48.0 Å². The van der Waals surface area contributed by atoms with Crippen LogP contribution in [0.15, 0.2) is 52.3 Å². The molecule has 0 unspecified atom stereocenters. The van der Waals surface area contributed by atoms with Crippen molar-refractivity contribution in [2.45, 2.75) is 34.9 Å². The van der Waals surface area contributed by atoms with Gasteiger partial charge in [-0.1, -0.05) is 18.2 Å². The number of carbonyl (C=O) groups is 2. The van der Waals surface area contributed by atoms with Gasteiger partial charge in [-0.25, -0.2) is 8.42 Å². The largest absolute Gasteiger partial charge is 0.496 e. The molecule has 0 aromatic heterocycles. The molecule has 1 aliphatic rings. The monoisotopic (exact) mass is 434 g/mol. The van der Waals surface area contributed by atoms with Gasteiger partial charge in [-0.3, -0.25) is 9.59 Å². The standard InChI is InChI=1S/C20H22N2O5S2/c1-13(9-19(23)21-11-14-5-3-4-6-17(14)27-2)29(25,26)15-7-8-18-16(10-15)22-20(24)12-28-18/h3-8,10,13H,9,11-12H2,1-2H3,(H,21,23)(H,22,24)/t13-/m0/s1. The first-order chi connectivity index (χ1) is 13.8. The number of carbonyl (C=O) groups excluding carboxylic acids is 2. The van der Waals surface area contributed by atoms with Crippen LogP contribution in [0, 0.1) is 0 Å². The van der Waals surface area contributed by atoms with Gasteiger partial charge >= 0.3 is 0 Å². The number of thioether (sulfide) groups is 1. The minimum atomic E-state index is -3.73. The van der Waals surface area contributed by atoms with Gasteiger partial charge in [0.25, 0.3) is 0 Å². The molecule has 9 heteroatoms. The van der Waals surface area contributed by atoms with Crippen LogP contribution in [-0.2, 0) is 26.0 Å². The Morgan fingerprint density at radius 1 is 1.28 bits per heavy atom. The fourth-order valence-electron chi connectivity index (χ4n) is 2.96. The first kappa shape index (κ1) is 21.2. The Morgan fingerprint density at radius 2 is 2.03 bits per heavy atom.